The van der Waals surface area contributed by atoms with Gasteiger partial charge in [0.1, 0.15) is 0 Å². The summed E-state index contributed by atoms with van der Waals surface area (Å²) >= 11 is 0. The largest absolute Gasteiger partial charge is 0.390 e. The summed E-state index contributed by atoms with van der Waals surface area (Å²) in [6, 6.07) is 21.2. The number of fused-ring (bicyclic) bond motifs is 1. The Hall–Kier alpha value is -2.43. The van der Waals surface area contributed by atoms with Gasteiger partial charge in [-0.1, -0.05) is 54.6 Å². The van der Waals surface area contributed by atoms with Crippen LogP contribution in [-0.4, -0.2) is 39.0 Å². The first kappa shape index (κ1) is 16.1. The van der Waals surface area contributed by atoms with Gasteiger partial charge in [-0.25, -0.2) is 0 Å². The summed E-state index contributed by atoms with van der Waals surface area (Å²) in [5.74, 6) is 0.350. The Morgan fingerprint density at radius 2 is 1.80 bits per heavy atom. The highest BCUT2D eigenvalue weighted by Gasteiger charge is 2.27. The molecule has 128 valence electrons. The Morgan fingerprint density at radius 3 is 2.60 bits per heavy atom. The third kappa shape index (κ3) is 3.65. The summed E-state index contributed by atoms with van der Waals surface area (Å²) in [5.41, 5.74) is 4.10. The lowest BCUT2D eigenvalue weighted by molar-refractivity contribution is 0.0861. The SMILES string of the molecule is OC(CN1Cc2ccccc2C(c2ccccc2)C1)Cn1cccn1. The fourth-order valence-electron chi connectivity index (χ4n) is 3.77. The number of rotatable bonds is 5. The van der Waals surface area contributed by atoms with Gasteiger partial charge >= 0.3 is 0 Å². The first-order valence-corrected chi connectivity index (χ1v) is 8.80. The predicted octanol–water partition coefficient (Wildman–Crippen LogP) is 2.89. The fourth-order valence-corrected chi connectivity index (χ4v) is 3.77. The number of hydrogen-bond donors (Lipinski definition) is 1. The van der Waals surface area contributed by atoms with Gasteiger partial charge in [-0.2, -0.15) is 5.10 Å². The molecule has 4 nitrogen and oxygen atoms in total. The van der Waals surface area contributed by atoms with Crippen molar-refractivity contribution in [3.63, 3.8) is 0 Å². The first-order valence-electron chi connectivity index (χ1n) is 8.80. The standard InChI is InChI=1S/C21H23N3O/c25-19(15-24-12-6-11-22-24)14-23-13-18-9-4-5-10-20(18)21(16-23)17-7-2-1-3-8-17/h1-12,19,21,25H,13-16H2. The summed E-state index contributed by atoms with van der Waals surface area (Å²) in [4.78, 5) is 2.36. The highest BCUT2D eigenvalue weighted by molar-refractivity contribution is 5.40. The van der Waals surface area contributed by atoms with Gasteiger partial charge in [0.05, 0.1) is 12.6 Å². The van der Waals surface area contributed by atoms with Crippen molar-refractivity contribution in [2.24, 2.45) is 0 Å². The zero-order valence-electron chi connectivity index (χ0n) is 14.2. The molecule has 2 aromatic carbocycles. The first-order chi connectivity index (χ1) is 12.3. The topological polar surface area (TPSA) is 41.3 Å². The number of aliphatic hydroxyl groups excluding tert-OH is 1. The Morgan fingerprint density at radius 1 is 1.00 bits per heavy atom. The Labute approximate surface area is 148 Å². The third-order valence-corrected chi connectivity index (χ3v) is 4.89. The molecular formula is C21H23N3O. The molecule has 1 aromatic heterocycles. The highest BCUT2D eigenvalue weighted by atomic mass is 16.3. The van der Waals surface area contributed by atoms with Crippen LogP contribution in [0, 0.1) is 0 Å². The molecule has 0 radical (unpaired) electrons. The summed E-state index contributed by atoms with van der Waals surface area (Å²) in [7, 11) is 0. The second-order valence-electron chi connectivity index (χ2n) is 6.74. The van der Waals surface area contributed by atoms with Crippen LogP contribution in [0.1, 0.15) is 22.6 Å². The van der Waals surface area contributed by atoms with Crippen LogP contribution in [0.4, 0.5) is 0 Å². The van der Waals surface area contributed by atoms with Crippen molar-refractivity contribution in [2.75, 3.05) is 13.1 Å². The second kappa shape index (κ2) is 7.21. The van der Waals surface area contributed by atoms with Crippen LogP contribution >= 0.6 is 0 Å². The second-order valence-corrected chi connectivity index (χ2v) is 6.74. The maximum atomic E-state index is 10.5. The van der Waals surface area contributed by atoms with E-state index in [4.69, 9.17) is 0 Å². The number of hydrogen-bond acceptors (Lipinski definition) is 3. The van der Waals surface area contributed by atoms with Crippen LogP contribution < -0.4 is 0 Å². The lowest BCUT2D eigenvalue weighted by atomic mass is 9.84. The summed E-state index contributed by atoms with van der Waals surface area (Å²) < 4.78 is 1.79. The van der Waals surface area contributed by atoms with E-state index in [9.17, 15) is 5.11 Å². The van der Waals surface area contributed by atoms with E-state index < -0.39 is 6.10 Å². The molecule has 1 N–H and O–H groups in total. The van der Waals surface area contributed by atoms with Gasteiger partial charge in [0.15, 0.2) is 0 Å². The normalized spacial score (nSPS) is 18.7. The molecule has 0 aliphatic carbocycles. The average molecular weight is 333 g/mol. The molecule has 0 fully saturated rings. The number of aliphatic hydroxyl groups is 1. The maximum absolute atomic E-state index is 10.5. The van der Waals surface area contributed by atoms with Gasteiger partial charge < -0.3 is 5.11 Å². The molecule has 0 saturated carbocycles. The van der Waals surface area contributed by atoms with E-state index in [1.807, 2.05) is 12.3 Å². The number of benzene rings is 2. The van der Waals surface area contributed by atoms with Crippen molar-refractivity contribution in [1.29, 1.82) is 0 Å². The molecule has 2 heterocycles. The van der Waals surface area contributed by atoms with Crippen molar-refractivity contribution >= 4 is 0 Å². The predicted molar refractivity (Wildman–Crippen MR) is 98.2 cm³/mol. The highest BCUT2D eigenvalue weighted by Crippen LogP contribution is 2.33. The molecule has 4 heteroatoms. The monoisotopic (exact) mass is 333 g/mol. The Balaban J connectivity index is 1.53. The minimum atomic E-state index is -0.429. The molecule has 0 spiro atoms. The van der Waals surface area contributed by atoms with Crippen LogP contribution in [-0.2, 0) is 13.1 Å². The van der Waals surface area contributed by atoms with Gasteiger partial charge in [-0.15, -0.1) is 0 Å². The van der Waals surface area contributed by atoms with Crippen LogP contribution in [0.15, 0.2) is 73.1 Å². The fraction of sp³-hybridized carbons (Fsp3) is 0.286. The van der Waals surface area contributed by atoms with Gasteiger partial charge in [0.25, 0.3) is 0 Å². The third-order valence-electron chi connectivity index (χ3n) is 4.89. The minimum Gasteiger partial charge on any atom is -0.390 e. The smallest absolute Gasteiger partial charge is 0.0862 e. The molecule has 0 amide bonds. The number of nitrogens with zero attached hydrogens (tertiary/aromatic N) is 3. The van der Waals surface area contributed by atoms with Crippen LogP contribution in [0.5, 0.6) is 0 Å². The van der Waals surface area contributed by atoms with Crippen LogP contribution in [0.3, 0.4) is 0 Å². The van der Waals surface area contributed by atoms with Crippen molar-refractivity contribution in [1.82, 2.24) is 14.7 Å². The zero-order valence-corrected chi connectivity index (χ0v) is 14.2. The molecule has 2 unspecified atom stereocenters. The molecule has 4 rings (SSSR count). The zero-order chi connectivity index (χ0) is 17.1. The van der Waals surface area contributed by atoms with Crippen LogP contribution in [0.25, 0.3) is 0 Å². The summed E-state index contributed by atoms with van der Waals surface area (Å²) in [6.45, 7) is 2.99. The van der Waals surface area contributed by atoms with E-state index in [0.717, 1.165) is 13.1 Å². The Kier molecular flexibility index (Phi) is 4.63. The molecule has 0 bridgehead atoms. The lowest BCUT2D eigenvalue weighted by Crippen LogP contribution is -2.40. The number of aromatic nitrogens is 2. The minimum absolute atomic E-state index is 0.350. The van der Waals surface area contributed by atoms with Crippen molar-refractivity contribution in [2.45, 2.75) is 25.1 Å². The van der Waals surface area contributed by atoms with Crippen molar-refractivity contribution in [3.05, 3.63) is 89.7 Å². The Bertz CT molecular complexity index is 801. The molecule has 3 aromatic rings. The quantitative estimate of drug-likeness (QED) is 0.780. The van der Waals surface area contributed by atoms with E-state index in [-0.39, 0.29) is 0 Å². The average Bonchev–Trinajstić information content (AvgIpc) is 3.14. The van der Waals surface area contributed by atoms with Gasteiger partial charge in [-0.3, -0.25) is 9.58 Å². The molecular weight excluding hydrogens is 310 g/mol. The van der Waals surface area contributed by atoms with Crippen molar-refractivity contribution < 1.29 is 5.11 Å². The van der Waals surface area contributed by atoms with Gasteiger partial charge in [0.2, 0.25) is 0 Å². The van der Waals surface area contributed by atoms with E-state index in [1.54, 1.807) is 10.9 Å². The lowest BCUT2D eigenvalue weighted by Gasteiger charge is -2.36. The van der Waals surface area contributed by atoms with Gasteiger partial charge in [-0.05, 0) is 22.8 Å². The van der Waals surface area contributed by atoms with E-state index >= 15 is 0 Å². The van der Waals surface area contributed by atoms with Gasteiger partial charge in [0, 0.05) is 37.9 Å². The van der Waals surface area contributed by atoms with E-state index in [0.29, 0.717) is 19.0 Å². The maximum Gasteiger partial charge on any atom is 0.0862 e. The molecule has 2 atom stereocenters. The molecule has 25 heavy (non-hydrogen) atoms. The van der Waals surface area contributed by atoms with E-state index in [1.165, 1.54) is 16.7 Å². The van der Waals surface area contributed by atoms with Crippen molar-refractivity contribution in [3.8, 4) is 0 Å². The molecule has 1 aliphatic heterocycles. The molecule has 1 aliphatic rings. The summed E-state index contributed by atoms with van der Waals surface area (Å²) in [5, 5.41) is 14.7. The summed E-state index contributed by atoms with van der Waals surface area (Å²) in [6.07, 6.45) is 3.21. The van der Waals surface area contributed by atoms with Crippen LogP contribution in [0.2, 0.25) is 0 Å². The number of β-amino-alcohol motifs (C(OH)–C–C–N with tert-alkyl or cyclic N) is 1. The molecule has 0 saturated heterocycles. The van der Waals surface area contributed by atoms with E-state index in [2.05, 4.69) is 64.6 Å².